The lowest BCUT2D eigenvalue weighted by Crippen LogP contribution is -2.32. The van der Waals surface area contributed by atoms with Crippen LogP contribution in [0.25, 0.3) is 10.7 Å². The molecule has 0 fully saturated rings. The molecule has 0 aliphatic carbocycles. The van der Waals surface area contributed by atoms with Gasteiger partial charge < -0.3 is 9.42 Å². The minimum Gasteiger partial charge on any atom is -0.329 e. The number of sulfonamides is 1. The molecule has 0 aromatic carbocycles. The Kier molecular flexibility index (Phi) is 6.68. The Morgan fingerprint density at radius 1 is 1.17 bits per heavy atom. The quantitative estimate of drug-likeness (QED) is 0.341. The van der Waals surface area contributed by atoms with Crippen molar-refractivity contribution >= 4 is 38.9 Å². The van der Waals surface area contributed by atoms with E-state index in [2.05, 4.69) is 34.8 Å². The van der Waals surface area contributed by atoms with Gasteiger partial charge in [0.1, 0.15) is 0 Å². The fraction of sp³-hybridized carbons (Fsp3) is 0.211. The van der Waals surface area contributed by atoms with Gasteiger partial charge in [-0.15, -0.1) is 16.4 Å². The van der Waals surface area contributed by atoms with Crippen LogP contribution in [0.15, 0.2) is 47.5 Å². The van der Waals surface area contributed by atoms with E-state index in [-0.39, 0.29) is 23.8 Å². The predicted molar refractivity (Wildman–Crippen MR) is 119 cm³/mol. The number of rotatable bonds is 7. The van der Waals surface area contributed by atoms with Gasteiger partial charge in [0, 0.05) is 24.3 Å². The summed E-state index contributed by atoms with van der Waals surface area (Å²) >= 11 is 1.10. The smallest absolute Gasteiger partial charge is 0.329 e. The molecule has 0 unspecified atom stereocenters. The zero-order valence-electron chi connectivity index (χ0n) is 18.4. The van der Waals surface area contributed by atoms with Crippen molar-refractivity contribution in [3.8, 4) is 10.7 Å². The van der Waals surface area contributed by atoms with Crippen LogP contribution in [0.1, 0.15) is 21.1 Å². The van der Waals surface area contributed by atoms with Crippen LogP contribution in [0.3, 0.4) is 0 Å². The zero-order chi connectivity index (χ0) is 26.1. The van der Waals surface area contributed by atoms with Gasteiger partial charge in [0.2, 0.25) is 15.8 Å². The molecule has 36 heavy (non-hydrogen) atoms. The number of nitrogens with zero attached hydrogens (tertiary/aromatic N) is 8. The summed E-state index contributed by atoms with van der Waals surface area (Å²) < 4.78 is 66.8. The largest absolute Gasteiger partial charge is 0.471 e. The van der Waals surface area contributed by atoms with Crippen LogP contribution in [0, 0.1) is 0 Å². The maximum atomic E-state index is 12.8. The third kappa shape index (κ3) is 5.46. The number of aromatic nitrogens is 6. The molecule has 0 saturated heterocycles. The summed E-state index contributed by atoms with van der Waals surface area (Å²) in [5.74, 6) is -2.02. The second-order valence-electron chi connectivity index (χ2n) is 7.17. The molecule has 1 amide bonds. The summed E-state index contributed by atoms with van der Waals surface area (Å²) in [7, 11) is -2.69. The van der Waals surface area contributed by atoms with Crippen LogP contribution in [-0.4, -0.2) is 62.2 Å². The normalized spacial score (nSPS) is 11.9. The van der Waals surface area contributed by atoms with Gasteiger partial charge in [-0.25, -0.2) is 17.7 Å². The van der Waals surface area contributed by atoms with Crippen LogP contribution >= 0.6 is 11.3 Å². The number of carbonyl (C=O) groups excluding carboxylic acids is 1. The SMILES string of the molecule is CN(C(=O)c1cnnc(N(Cc2ccc(-c3noc(C(F)(F)F)n3)s2)c2cnccn2)c1)S(C)(=O)=O. The Morgan fingerprint density at radius 2 is 1.94 bits per heavy atom. The van der Waals surface area contributed by atoms with E-state index >= 15 is 0 Å². The average Bonchev–Trinajstić information content (AvgIpc) is 3.51. The van der Waals surface area contributed by atoms with Crippen molar-refractivity contribution in [2.24, 2.45) is 0 Å². The van der Waals surface area contributed by atoms with Crippen molar-refractivity contribution in [1.29, 1.82) is 0 Å². The maximum absolute atomic E-state index is 12.8. The van der Waals surface area contributed by atoms with Crippen molar-refractivity contribution in [3.05, 3.63) is 59.3 Å². The Balaban J connectivity index is 1.66. The Bertz CT molecular complexity index is 1490. The van der Waals surface area contributed by atoms with Crippen LogP contribution < -0.4 is 4.90 Å². The molecule has 0 aliphatic heterocycles. The average molecular weight is 541 g/mol. The summed E-state index contributed by atoms with van der Waals surface area (Å²) in [6.07, 6.45) is 1.57. The molecular formula is C19H15F3N8O4S2. The first-order valence-corrected chi connectivity index (χ1v) is 12.4. The Hall–Kier alpha value is -3.99. The van der Waals surface area contributed by atoms with Crippen molar-refractivity contribution < 1.29 is 30.9 Å². The molecule has 4 aromatic heterocycles. The number of amides is 1. The maximum Gasteiger partial charge on any atom is 0.471 e. The minimum atomic E-state index is -4.76. The lowest BCUT2D eigenvalue weighted by molar-refractivity contribution is -0.159. The Morgan fingerprint density at radius 3 is 2.58 bits per heavy atom. The number of thiophene rings is 1. The van der Waals surface area contributed by atoms with E-state index in [4.69, 9.17) is 0 Å². The third-order valence-corrected chi connectivity index (χ3v) is 6.87. The number of anilines is 2. The van der Waals surface area contributed by atoms with E-state index in [0.717, 1.165) is 30.8 Å². The first-order valence-electron chi connectivity index (χ1n) is 9.78. The standard InChI is InChI=1S/C19H15F3N8O4S2/c1-29(36(2,32)33)17(31)11-7-14(27-25-8-11)30(15-9-23-5-6-24-15)10-12-3-4-13(35-12)16-26-18(34-28-16)19(20,21)22/h3-9H,10H2,1-2H3. The molecule has 0 saturated carbocycles. The molecule has 0 spiro atoms. The molecule has 0 N–H and O–H groups in total. The number of hydrogen-bond acceptors (Lipinski definition) is 12. The molecule has 0 radical (unpaired) electrons. The van der Waals surface area contributed by atoms with E-state index in [1.165, 1.54) is 30.7 Å². The molecule has 188 valence electrons. The molecule has 4 heterocycles. The fourth-order valence-corrected chi connectivity index (χ4v) is 4.15. The van der Waals surface area contributed by atoms with Crippen LogP contribution in [0.4, 0.5) is 24.8 Å². The number of carbonyl (C=O) groups is 1. The molecule has 17 heteroatoms. The van der Waals surface area contributed by atoms with Gasteiger partial charge >= 0.3 is 12.1 Å². The van der Waals surface area contributed by atoms with E-state index in [0.29, 0.717) is 19.9 Å². The summed E-state index contributed by atoms with van der Waals surface area (Å²) in [5.41, 5.74) is -0.0415. The van der Waals surface area contributed by atoms with Gasteiger partial charge in [-0.1, -0.05) is 5.16 Å². The van der Waals surface area contributed by atoms with Crippen molar-refractivity contribution in [2.45, 2.75) is 12.7 Å². The summed E-state index contributed by atoms with van der Waals surface area (Å²) in [4.78, 5) is 26.8. The monoisotopic (exact) mass is 540 g/mol. The first-order chi connectivity index (χ1) is 16.9. The molecular weight excluding hydrogens is 525 g/mol. The Labute approximate surface area is 205 Å². The van der Waals surface area contributed by atoms with Gasteiger partial charge in [0.05, 0.1) is 35.6 Å². The topological polar surface area (TPSA) is 148 Å². The highest BCUT2D eigenvalue weighted by atomic mass is 32.2. The van der Waals surface area contributed by atoms with Crippen molar-refractivity contribution in [1.82, 2.24) is 34.6 Å². The van der Waals surface area contributed by atoms with Crippen molar-refractivity contribution in [3.63, 3.8) is 0 Å². The molecule has 0 bridgehead atoms. The predicted octanol–water partition coefficient (Wildman–Crippen LogP) is 2.77. The second kappa shape index (κ2) is 9.57. The van der Waals surface area contributed by atoms with E-state index in [1.807, 2.05) is 0 Å². The lowest BCUT2D eigenvalue weighted by atomic mass is 10.2. The summed E-state index contributed by atoms with van der Waals surface area (Å²) in [5, 5.41) is 11.2. The molecule has 0 atom stereocenters. The molecule has 4 rings (SSSR count). The number of halogens is 3. The van der Waals surface area contributed by atoms with Crippen LogP contribution in [-0.2, 0) is 22.7 Å². The van der Waals surface area contributed by atoms with Gasteiger partial charge in [0.25, 0.3) is 5.91 Å². The first kappa shape index (κ1) is 25.1. The van der Waals surface area contributed by atoms with Gasteiger partial charge in [-0.2, -0.15) is 23.3 Å². The van der Waals surface area contributed by atoms with E-state index in [1.54, 1.807) is 11.0 Å². The molecule has 4 aromatic rings. The molecule has 0 aliphatic rings. The summed E-state index contributed by atoms with van der Waals surface area (Å²) in [6.45, 7) is 0.0988. The highest BCUT2D eigenvalue weighted by Gasteiger charge is 2.38. The second-order valence-corrected chi connectivity index (χ2v) is 10.4. The van der Waals surface area contributed by atoms with Gasteiger partial charge in [-0.05, 0) is 18.2 Å². The van der Waals surface area contributed by atoms with Crippen molar-refractivity contribution in [2.75, 3.05) is 18.2 Å². The van der Waals surface area contributed by atoms with Crippen LogP contribution in [0.5, 0.6) is 0 Å². The van der Waals surface area contributed by atoms with E-state index < -0.39 is 28.0 Å². The van der Waals surface area contributed by atoms with Gasteiger partial charge in [-0.3, -0.25) is 9.78 Å². The number of hydrogen-bond donors (Lipinski definition) is 0. The number of alkyl halides is 3. The molecule has 12 nitrogen and oxygen atoms in total. The zero-order valence-corrected chi connectivity index (χ0v) is 20.0. The lowest BCUT2D eigenvalue weighted by Gasteiger charge is -2.22. The summed E-state index contributed by atoms with van der Waals surface area (Å²) in [6, 6.07) is 4.52. The highest BCUT2D eigenvalue weighted by Crippen LogP contribution is 2.33. The van der Waals surface area contributed by atoms with Gasteiger partial charge in [0.15, 0.2) is 11.6 Å². The third-order valence-electron chi connectivity index (χ3n) is 4.64. The minimum absolute atomic E-state index is 0.0415. The van der Waals surface area contributed by atoms with Crippen LogP contribution in [0.2, 0.25) is 0 Å². The highest BCUT2D eigenvalue weighted by molar-refractivity contribution is 7.88. The fourth-order valence-electron chi connectivity index (χ4n) is 2.82. The van der Waals surface area contributed by atoms with E-state index in [9.17, 15) is 26.4 Å².